The lowest BCUT2D eigenvalue weighted by molar-refractivity contribution is 0.104. The second-order valence-electron chi connectivity index (χ2n) is 6.55. The number of ether oxygens (including phenoxy) is 5. The van der Waals surface area contributed by atoms with Gasteiger partial charge in [0.25, 0.3) is 0 Å². The number of allylic oxidation sites excluding steroid dienone is 1. The SMILES string of the molecule is CCCCOc1cc2c(cc1C(=O)/C=C/c1c(OC)cc(OC)cc1OC)OCS2. The zero-order valence-electron chi connectivity index (χ0n) is 17.7. The van der Waals surface area contributed by atoms with Crippen LogP contribution in [0.4, 0.5) is 0 Å². The Bertz CT molecular complexity index is 913. The molecule has 0 N–H and O–H groups in total. The average Bonchev–Trinajstić information content (AvgIpc) is 3.23. The molecule has 0 aromatic heterocycles. The maximum Gasteiger partial charge on any atom is 0.189 e. The largest absolute Gasteiger partial charge is 0.496 e. The first-order chi connectivity index (χ1) is 14.6. The highest BCUT2D eigenvalue weighted by molar-refractivity contribution is 7.99. The van der Waals surface area contributed by atoms with Crippen LogP contribution in [0.5, 0.6) is 28.7 Å². The van der Waals surface area contributed by atoms with Crippen molar-refractivity contribution >= 4 is 23.6 Å². The van der Waals surface area contributed by atoms with Gasteiger partial charge in [0.15, 0.2) is 5.78 Å². The molecule has 1 heterocycles. The Morgan fingerprint density at radius 2 is 1.80 bits per heavy atom. The Hall–Kier alpha value is -2.80. The molecule has 0 radical (unpaired) electrons. The van der Waals surface area contributed by atoms with Crippen LogP contribution in [0, 0.1) is 0 Å². The van der Waals surface area contributed by atoms with Gasteiger partial charge in [-0.3, -0.25) is 4.79 Å². The highest BCUT2D eigenvalue weighted by atomic mass is 32.2. The van der Waals surface area contributed by atoms with Gasteiger partial charge in [-0.15, -0.1) is 0 Å². The predicted molar refractivity (Wildman–Crippen MR) is 118 cm³/mol. The highest BCUT2D eigenvalue weighted by Crippen LogP contribution is 2.41. The van der Waals surface area contributed by atoms with Crippen molar-refractivity contribution in [1.82, 2.24) is 0 Å². The van der Waals surface area contributed by atoms with E-state index in [4.69, 9.17) is 23.7 Å². The molecule has 0 spiro atoms. The summed E-state index contributed by atoms with van der Waals surface area (Å²) >= 11 is 1.59. The van der Waals surface area contributed by atoms with Crippen molar-refractivity contribution in [3.8, 4) is 28.7 Å². The highest BCUT2D eigenvalue weighted by Gasteiger charge is 2.21. The van der Waals surface area contributed by atoms with E-state index in [0.717, 1.165) is 17.7 Å². The van der Waals surface area contributed by atoms with E-state index in [1.807, 2.05) is 6.07 Å². The van der Waals surface area contributed by atoms with E-state index in [-0.39, 0.29) is 5.78 Å². The van der Waals surface area contributed by atoms with Crippen LogP contribution in [0.3, 0.4) is 0 Å². The van der Waals surface area contributed by atoms with Gasteiger partial charge in [0, 0.05) is 12.1 Å². The molecule has 7 heteroatoms. The van der Waals surface area contributed by atoms with E-state index in [0.29, 0.717) is 52.4 Å². The van der Waals surface area contributed by atoms with Crippen LogP contribution in [0.2, 0.25) is 0 Å². The molecule has 2 aromatic carbocycles. The number of carbonyl (C=O) groups excluding carboxylic acids is 1. The van der Waals surface area contributed by atoms with Crippen molar-refractivity contribution in [2.75, 3.05) is 33.9 Å². The molecule has 160 valence electrons. The summed E-state index contributed by atoms with van der Waals surface area (Å²) in [6.45, 7) is 2.66. The monoisotopic (exact) mass is 430 g/mol. The van der Waals surface area contributed by atoms with Gasteiger partial charge >= 0.3 is 0 Å². The lowest BCUT2D eigenvalue weighted by atomic mass is 10.1. The molecule has 6 nitrogen and oxygen atoms in total. The first-order valence-corrected chi connectivity index (χ1v) is 10.7. The Labute approximate surface area is 181 Å². The third kappa shape index (κ3) is 4.84. The maximum atomic E-state index is 13.1. The number of methoxy groups -OCH3 is 3. The van der Waals surface area contributed by atoms with Gasteiger partial charge in [-0.1, -0.05) is 25.1 Å². The third-order valence-electron chi connectivity index (χ3n) is 4.65. The minimum absolute atomic E-state index is 0.190. The Kier molecular flexibility index (Phi) is 7.52. The second-order valence-corrected chi connectivity index (χ2v) is 7.51. The molecule has 30 heavy (non-hydrogen) atoms. The lowest BCUT2D eigenvalue weighted by Gasteiger charge is -2.13. The molecule has 0 fully saturated rings. The minimum atomic E-state index is -0.190. The molecule has 0 bridgehead atoms. The van der Waals surface area contributed by atoms with Crippen molar-refractivity contribution in [3.63, 3.8) is 0 Å². The summed E-state index contributed by atoms with van der Waals surface area (Å²) in [6.07, 6.45) is 5.11. The van der Waals surface area contributed by atoms with Crippen LogP contribution < -0.4 is 23.7 Å². The standard InChI is InChI=1S/C23H26O6S/c1-5-6-9-28-21-13-23-22(29-14-30-23)12-17(21)18(24)8-7-16-19(26-3)10-15(25-2)11-20(16)27-4/h7-8,10-13H,5-6,9,14H2,1-4H3/b8-7+. The van der Waals surface area contributed by atoms with Gasteiger partial charge < -0.3 is 23.7 Å². The fraction of sp³-hybridized carbons (Fsp3) is 0.348. The first-order valence-electron chi connectivity index (χ1n) is 9.70. The summed E-state index contributed by atoms with van der Waals surface area (Å²) < 4.78 is 27.7. The molecular weight excluding hydrogens is 404 g/mol. The summed E-state index contributed by atoms with van der Waals surface area (Å²) in [5.74, 6) is 3.32. The fourth-order valence-corrected chi connectivity index (χ4v) is 3.77. The van der Waals surface area contributed by atoms with Gasteiger partial charge in [0.1, 0.15) is 34.7 Å². The number of fused-ring (bicyclic) bond motifs is 1. The topological polar surface area (TPSA) is 63.2 Å². The van der Waals surface area contributed by atoms with Crippen molar-refractivity contribution in [2.45, 2.75) is 24.7 Å². The van der Waals surface area contributed by atoms with Crippen LogP contribution in [0.25, 0.3) is 6.08 Å². The molecule has 3 rings (SSSR count). The quantitative estimate of drug-likeness (QED) is 0.290. The molecular formula is C23H26O6S. The predicted octanol–water partition coefficient (Wildman–Crippen LogP) is 5.23. The molecule has 0 saturated heterocycles. The molecule has 0 unspecified atom stereocenters. The molecule has 0 atom stereocenters. The van der Waals surface area contributed by atoms with Crippen LogP contribution >= 0.6 is 11.8 Å². The maximum absolute atomic E-state index is 13.1. The van der Waals surface area contributed by atoms with Crippen molar-refractivity contribution in [2.24, 2.45) is 0 Å². The van der Waals surface area contributed by atoms with Crippen LogP contribution in [-0.2, 0) is 0 Å². The number of rotatable bonds is 10. The summed E-state index contributed by atoms with van der Waals surface area (Å²) in [5.41, 5.74) is 1.12. The van der Waals surface area contributed by atoms with Crippen LogP contribution in [0.15, 0.2) is 35.2 Å². The van der Waals surface area contributed by atoms with E-state index >= 15 is 0 Å². The minimum Gasteiger partial charge on any atom is -0.496 e. The van der Waals surface area contributed by atoms with Gasteiger partial charge in [0.05, 0.1) is 44.0 Å². The van der Waals surface area contributed by atoms with Gasteiger partial charge in [-0.25, -0.2) is 0 Å². The third-order valence-corrected chi connectivity index (χ3v) is 5.52. The summed E-state index contributed by atoms with van der Waals surface area (Å²) in [6, 6.07) is 7.13. The van der Waals surface area contributed by atoms with E-state index < -0.39 is 0 Å². The van der Waals surface area contributed by atoms with Gasteiger partial charge in [0.2, 0.25) is 0 Å². The Morgan fingerprint density at radius 3 is 2.43 bits per heavy atom. The average molecular weight is 431 g/mol. The molecule has 0 aliphatic carbocycles. The number of carbonyl (C=O) groups is 1. The van der Waals surface area contributed by atoms with Crippen molar-refractivity contribution in [3.05, 3.63) is 41.5 Å². The smallest absolute Gasteiger partial charge is 0.189 e. The number of thioether (sulfide) groups is 1. The van der Waals surface area contributed by atoms with Gasteiger partial charge in [-0.2, -0.15) is 0 Å². The number of hydrogen-bond donors (Lipinski definition) is 0. The molecule has 0 saturated carbocycles. The summed E-state index contributed by atoms with van der Waals surface area (Å²) in [5, 5.41) is 0. The summed E-state index contributed by atoms with van der Waals surface area (Å²) in [4.78, 5) is 14.0. The lowest BCUT2D eigenvalue weighted by Crippen LogP contribution is -2.04. The second kappa shape index (κ2) is 10.3. The normalized spacial score (nSPS) is 12.4. The molecule has 1 aliphatic heterocycles. The number of hydrogen-bond acceptors (Lipinski definition) is 7. The van der Waals surface area contributed by atoms with Crippen molar-refractivity contribution in [1.29, 1.82) is 0 Å². The van der Waals surface area contributed by atoms with Crippen LogP contribution in [0.1, 0.15) is 35.7 Å². The zero-order valence-corrected chi connectivity index (χ0v) is 18.5. The first kappa shape index (κ1) is 21.9. The Balaban J connectivity index is 1.93. The van der Waals surface area contributed by atoms with Crippen molar-refractivity contribution < 1.29 is 28.5 Å². The number of ketones is 1. The van der Waals surface area contributed by atoms with Crippen LogP contribution in [-0.4, -0.2) is 39.7 Å². The fourth-order valence-electron chi connectivity index (χ4n) is 3.01. The Morgan fingerprint density at radius 1 is 1.07 bits per heavy atom. The van der Waals surface area contributed by atoms with E-state index in [1.54, 1.807) is 57.4 Å². The van der Waals surface area contributed by atoms with E-state index in [2.05, 4.69) is 6.92 Å². The zero-order chi connectivity index (χ0) is 21.5. The van der Waals surface area contributed by atoms with Gasteiger partial charge in [-0.05, 0) is 30.7 Å². The molecule has 1 aliphatic rings. The summed E-state index contributed by atoms with van der Waals surface area (Å²) in [7, 11) is 4.69. The molecule has 0 amide bonds. The van der Waals surface area contributed by atoms with E-state index in [1.165, 1.54) is 6.08 Å². The number of unbranched alkanes of at least 4 members (excludes halogenated alkanes) is 1. The number of benzene rings is 2. The molecule has 2 aromatic rings. The van der Waals surface area contributed by atoms with E-state index in [9.17, 15) is 4.79 Å².